The number of ether oxygens (including phenoxy) is 2. The molecular weight excluding hydrogens is 270 g/mol. The molecule has 1 N–H and O–H groups in total. The van der Waals surface area contributed by atoms with Crippen molar-refractivity contribution in [3.63, 3.8) is 0 Å². The number of rotatable bonds is 5. The van der Waals surface area contributed by atoms with Gasteiger partial charge in [-0.05, 0) is 50.7 Å². The van der Waals surface area contributed by atoms with Crippen molar-refractivity contribution in [1.82, 2.24) is 4.90 Å². The van der Waals surface area contributed by atoms with Crippen LogP contribution < -0.4 is 9.47 Å². The second-order valence-corrected chi connectivity index (χ2v) is 5.39. The molecule has 0 bridgehead atoms. The number of aliphatic carboxylic acids is 1. The lowest BCUT2D eigenvalue weighted by Gasteiger charge is -2.39. The van der Waals surface area contributed by atoms with Gasteiger partial charge in [-0.2, -0.15) is 0 Å². The SMILES string of the molecule is CCN1CCC(C(=O)O)(c2cc(OC)ccc2OC)CC1. The van der Waals surface area contributed by atoms with E-state index in [2.05, 4.69) is 11.8 Å². The molecule has 1 fully saturated rings. The fraction of sp³-hybridized carbons (Fsp3) is 0.562. The molecular formula is C16H23NO4. The molecule has 1 aromatic rings. The molecule has 116 valence electrons. The minimum atomic E-state index is -0.897. The van der Waals surface area contributed by atoms with Gasteiger partial charge in [0.25, 0.3) is 0 Å². The highest BCUT2D eigenvalue weighted by Crippen LogP contribution is 2.42. The van der Waals surface area contributed by atoms with Crippen LogP contribution in [0.2, 0.25) is 0 Å². The molecule has 1 aromatic carbocycles. The van der Waals surface area contributed by atoms with Crippen molar-refractivity contribution in [3.8, 4) is 11.5 Å². The van der Waals surface area contributed by atoms with E-state index < -0.39 is 11.4 Å². The van der Waals surface area contributed by atoms with E-state index >= 15 is 0 Å². The van der Waals surface area contributed by atoms with E-state index in [1.54, 1.807) is 32.4 Å². The van der Waals surface area contributed by atoms with Crippen LogP contribution in [0, 0.1) is 0 Å². The zero-order valence-corrected chi connectivity index (χ0v) is 12.9. The van der Waals surface area contributed by atoms with Crippen molar-refractivity contribution < 1.29 is 19.4 Å². The van der Waals surface area contributed by atoms with Crippen LogP contribution in [0.1, 0.15) is 25.3 Å². The second kappa shape index (κ2) is 6.35. The number of carbonyl (C=O) groups is 1. The molecule has 1 aliphatic heterocycles. The normalized spacial score (nSPS) is 18.2. The van der Waals surface area contributed by atoms with Gasteiger partial charge in [0.1, 0.15) is 11.5 Å². The van der Waals surface area contributed by atoms with Gasteiger partial charge in [0.15, 0.2) is 0 Å². The number of carboxylic acid groups (broad SMARTS) is 1. The van der Waals surface area contributed by atoms with E-state index in [-0.39, 0.29) is 0 Å². The highest BCUT2D eigenvalue weighted by Gasteiger charge is 2.45. The van der Waals surface area contributed by atoms with Crippen LogP contribution in [-0.2, 0) is 10.2 Å². The molecule has 21 heavy (non-hydrogen) atoms. The van der Waals surface area contributed by atoms with Gasteiger partial charge in [0.2, 0.25) is 0 Å². The maximum absolute atomic E-state index is 12.0. The summed E-state index contributed by atoms with van der Waals surface area (Å²) in [6.45, 7) is 4.61. The van der Waals surface area contributed by atoms with Crippen molar-refractivity contribution >= 4 is 5.97 Å². The summed E-state index contributed by atoms with van der Waals surface area (Å²) in [6, 6.07) is 5.37. The number of methoxy groups -OCH3 is 2. The van der Waals surface area contributed by atoms with E-state index in [1.807, 2.05) is 0 Å². The first-order valence-electron chi connectivity index (χ1n) is 7.25. The Kier molecular flexibility index (Phi) is 4.73. The molecule has 0 atom stereocenters. The summed E-state index contributed by atoms with van der Waals surface area (Å²) in [5.74, 6) is 0.484. The first-order valence-corrected chi connectivity index (χ1v) is 7.25. The van der Waals surface area contributed by atoms with E-state index in [9.17, 15) is 9.90 Å². The maximum atomic E-state index is 12.0. The van der Waals surface area contributed by atoms with Crippen LogP contribution >= 0.6 is 0 Å². The van der Waals surface area contributed by atoms with Gasteiger partial charge in [-0.1, -0.05) is 6.92 Å². The number of piperidine rings is 1. The fourth-order valence-electron chi connectivity index (χ4n) is 3.04. The molecule has 1 aliphatic rings. The minimum absolute atomic E-state index is 0.583. The summed E-state index contributed by atoms with van der Waals surface area (Å²) in [6.07, 6.45) is 1.17. The molecule has 0 radical (unpaired) electrons. The Hall–Kier alpha value is -1.75. The number of likely N-dealkylation sites (tertiary alicyclic amines) is 1. The zero-order chi connectivity index (χ0) is 15.5. The van der Waals surface area contributed by atoms with Crippen LogP contribution in [0.5, 0.6) is 11.5 Å². The van der Waals surface area contributed by atoms with E-state index in [0.29, 0.717) is 29.9 Å². The topological polar surface area (TPSA) is 59.0 Å². The molecule has 0 saturated carbocycles. The third kappa shape index (κ3) is 2.83. The molecule has 1 heterocycles. The van der Waals surface area contributed by atoms with E-state index in [0.717, 1.165) is 19.6 Å². The standard InChI is InChI=1S/C16H23NO4/c1-4-17-9-7-16(8-10-17,15(18)19)13-11-12(20-2)5-6-14(13)21-3/h5-6,11H,4,7-10H2,1-3H3,(H,18,19). The molecule has 5 nitrogen and oxygen atoms in total. The van der Waals surface area contributed by atoms with E-state index in [4.69, 9.17) is 9.47 Å². The number of carboxylic acids is 1. The summed E-state index contributed by atoms with van der Waals surface area (Å²) in [5, 5.41) is 9.87. The highest BCUT2D eigenvalue weighted by atomic mass is 16.5. The minimum Gasteiger partial charge on any atom is -0.497 e. The van der Waals surface area contributed by atoms with Gasteiger partial charge in [-0.15, -0.1) is 0 Å². The Labute approximate surface area is 125 Å². The third-order valence-corrected chi connectivity index (χ3v) is 4.49. The Morgan fingerprint density at radius 3 is 2.43 bits per heavy atom. The van der Waals surface area contributed by atoms with Crippen LogP contribution in [0.15, 0.2) is 18.2 Å². The van der Waals surface area contributed by atoms with Crippen LogP contribution in [0.25, 0.3) is 0 Å². The van der Waals surface area contributed by atoms with Crippen LogP contribution in [0.3, 0.4) is 0 Å². The Morgan fingerprint density at radius 1 is 1.29 bits per heavy atom. The van der Waals surface area contributed by atoms with Crippen LogP contribution in [-0.4, -0.2) is 49.8 Å². The number of nitrogens with zero attached hydrogens (tertiary/aromatic N) is 1. The summed E-state index contributed by atoms with van der Waals surface area (Å²) in [7, 11) is 3.15. The predicted octanol–water partition coefficient (Wildman–Crippen LogP) is 2.14. The molecule has 5 heteroatoms. The lowest BCUT2D eigenvalue weighted by atomic mass is 9.72. The fourth-order valence-corrected chi connectivity index (χ4v) is 3.04. The molecule has 0 aromatic heterocycles. The Balaban J connectivity index is 2.45. The Morgan fingerprint density at radius 2 is 1.95 bits per heavy atom. The molecule has 0 amide bonds. The quantitative estimate of drug-likeness (QED) is 0.901. The first kappa shape index (κ1) is 15.6. The van der Waals surface area contributed by atoms with Crippen molar-refractivity contribution in [2.24, 2.45) is 0 Å². The monoisotopic (exact) mass is 293 g/mol. The first-order chi connectivity index (χ1) is 10.1. The molecule has 0 aliphatic carbocycles. The lowest BCUT2D eigenvalue weighted by Crippen LogP contribution is -2.47. The van der Waals surface area contributed by atoms with Gasteiger partial charge in [-0.3, -0.25) is 4.79 Å². The predicted molar refractivity (Wildman–Crippen MR) is 80.2 cm³/mol. The number of hydrogen-bond acceptors (Lipinski definition) is 4. The molecule has 0 spiro atoms. The number of benzene rings is 1. The van der Waals surface area contributed by atoms with E-state index in [1.165, 1.54) is 0 Å². The van der Waals surface area contributed by atoms with Crippen molar-refractivity contribution in [3.05, 3.63) is 23.8 Å². The van der Waals surface area contributed by atoms with Gasteiger partial charge >= 0.3 is 5.97 Å². The highest BCUT2D eigenvalue weighted by molar-refractivity contribution is 5.83. The van der Waals surface area contributed by atoms with Crippen LogP contribution in [0.4, 0.5) is 0 Å². The summed E-state index contributed by atoms with van der Waals surface area (Å²) < 4.78 is 10.6. The average molecular weight is 293 g/mol. The van der Waals surface area contributed by atoms with Gasteiger partial charge in [0.05, 0.1) is 19.6 Å². The van der Waals surface area contributed by atoms with Crippen molar-refractivity contribution in [2.75, 3.05) is 33.9 Å². The third-order valence-electron chi connectivity index (χ3n) is 4.49. The summed E-state index contributed by atoms with van der Waals surface area (Å²) in [4.78, 5) is 14.3. The van der Waals surface area contributed by atoms with Gasteiger partial charge < -0.3 is 19.5 Å². The van der Waals surface area contributed by atoms with Crippen molar-refractivity contribution in [1.29, 1.82) is 0 Å². The molecule has 1 saturated heterocycles. The second-order valence-electron chi connectivity index (χ2n) is 5.39. The summed E-state index contributed by atoms with van der Waals surface area (Å²) >= 11 is 0. The summed E-state index contributed by atoms with van der Waals surface area (Å²) in [5.41, 5.74) is -0.182. The largest absolute Gasteiger partial charge is 0.497 e. The lowest BCUT2D eigenvalue weighted by molar-refractivity contribution is -0.146. The zero-order valence-electron chi connectivity index (χ0n) is 12.9. The molecule has 2 rings (SSSR count). The van der Waals surface area contributed by atoms with Gasteiger partial charge in [0, 0.05) is 5.56 Å². The smallest absolute Gasteiger partial charge is 0.314 e. The van der Waals surface area contributed by atoms with Crippen molar-refractivity contribution in [2.45, 2.75) is 25.2 Å². The maximum Gasteiger partial charge on any atom is 0.314 e. The average Bonchev–Trinajstić information content (AvgIpc) is 2.54. The molecule has 0 unspecified atom stereocenters. The number of hydrogen-bond donors (Lipinski definition) is 1. The van der Waals surface area contributed by atoms with Gasteiger partial charge in [-0.25, -0.2) is 0 Å². The Bertz CT molecular complexity index is 507.